The van der Waals surface area contributed by atoms with E-state index in [0.717, 1.165) is 5.56 Å². The zero-order chi connectivity index (χ0) is 19.9. The summed E-state index contributed by atoms with van der Waals surface area (Å²) in [6.45, 7) is 0.311. The molecule has 7 heteroatoms. The number of hydrogen-bond donors (Lipinski definition) is 1. The molecule has 0 spiro atoms. The van der Waals surface area contributed by atoms with Gasteiger partial charge in [0.1, 0.15) is 5.82 Å². The number of hydrogen-bond acceptors (Lipinski definition) is 5. The second kappa shape index (κ2) is 9.03. The minimum atomic E-state index is -0.379. The highest BCUT2D eigenvalue weighted by molar-refractivity contribution is 5.76. The highest BCUT2D eigenvalue weighted by Crippen LogP contribution is 2.30. The third-order valence-electron chi connectivity index (χ3n) is 4.22. The van der Waals surface area contributed by atoms with E-state index in [1.807, 2.05) is 12.1 Å². The third-order valence-corrected chi connectivity index (χ3v) is 4.22. The van der Waals surface area contributed by atoms with Crippen molar-refractivity contribution >= 4 is 5.91 Å². The van der Waals surface area contributed by atoms with Gasteiger partial charge in [0.2, 0.25) is 5.91 Å². The Kier molecular flexibility index (Phi) is 6.26. The normalized spacial score (nSPS) is 10.5. The lowest BCUT2D eigenvalue weighted by Gasteiger charge is -2.13. The Bertz CT molecular complexity index is 955. The number of oxazole rings is 1. The topological polar surface area (TPSA) is 73.6 Å². The third kappa shape index (κ3) is 4.49. The van der Waals surface area contributed by atoms with E-state index in [4.69, 9.17) is 13.9 Å². The predicted octanol–water partition coefficient (Wildman–Crippen LogP) is 3.75. The van der Waals surface area contributed by atoms with Gasteiger partial charge < -0.3 is 19.2 Å². The van der Waals surface area contributed by atoms with Gasteiger partial charge >= 0.3 is 0 Å². The van der Waals surface area contributed by atoms with Crippen LogP contribution in [0.25, 0.3) is 11.3 Å². The summed E-state index contributed by atoms with van der Waals surface area (Å²) < 4.78 is 30.0. The number of aromatic nitrogens is 1. The Morgan fingerprint density at radius 3 is 2.71 bits per heavy atom. The zero-order valence-corrected chi connectivity index (χ0v) is 15.7. The van der Waals surface area contributed by atoms with Gasteiger partial charge in [-0.2, -0.15) is 0 Å². The lowest BCUT2D eigenvalue weighted by Crippen LogP contribution is -2.23. The molecule has 1 aromatic heterocycles. The summed E-state index contributed by atoms with van der Waals surface area (Å²) in [6.07, 6.45) is 1.98. The van der Waals surface area contributed by atoms with E-state index >= 15 is 0 Å². The van der Waals surface area contributed by atoms with Crippen LogP contribution in [0.2, 0.25) is 0 Å². The van der Waals surface area contributed by atoms with Gasteiger partial charge in [-0.15, -0.1) is 0 Å². The quantitative estimate of drug-likeness (QED) is 0.640. The van der Waals surface area contributed by atoms with Crippen LogP contribution in [0.5, 0.6) is 11.5 Å². The molecule has 0 fully saturated rings. The predicted molar refractivity (Wildman–Crippen MR) is 102 cm³/mol. The fourth-order valence-electron chi connectivity index (χ4n) is 2.81. The molecule has 1 heterocycles. The van der Waals surface area contributed by atoms with E-state index in [2.05, 4.69) is 10.3 Å². The molecule has 0 aliphatic rings. The van der Waals surface area contributed by atoms with Crippen LogP contribution in [0.1, 0.15) is 17.9 Å². The average molecular weight is 384 g/mol. The van der Waals surface area contributed by atoms with Gasteiger partial charge in [-0.25, -0.2) is 9.37 Å². The number of nitrogens with zero attached hydrogens (tertiary/aromatic N) is 1. The van der Waals surface area contributed by atoms with Gasteiger partial charge in [-0.05, 0) is 18.2 Å². The number of amides is 1. The van der Waals surface area contributed by atoms with Crippen LogP contribution in [0.3, 0.4) is 0 Å². The van der Waals surface area contributed by atoms with Crippen LogP contribution in [-0.2, 0) is 17.8 Å². The number of methoxy groups -OCH3 is 2. The molecule has 1 amide bonds. The Hall–Kier alpha value is -3.35. The molecule has 0 radical (unpaired) electrons. The van der Waals surface area contributed by atoms with E-state index in [-0.39, 0.29) is 18.1 Å². The number of aryl methyl sites for hydroxylation is 1. The first-order valence-corrected chi connectivity index (χ1v) is 8.78. The van der Waals surface area contributed by atoms with Crippen molar-refractivity contribution in [1.82, 2.24) is 10.3 Å². The summed E-state index contributed by atoms with van der Waals surface area (Å²) in [5, 5.41) is 2.84. The number of ether oxygens (including phenoxy) is 2. The summed E-state index contributed by atoms with van der Waals surface area (Å²) in [5.74, 6) is 1.38. The van der Waals surface area contributed by atoms with Gasteiger partial charge in [0.05, 0.1) is 26.0 Å². The van der Waals surface area contributed by atoms with Gasteiger partial charge in [0.15, 0.2) is 23.1 Å². The fraction of sp³-hybridized carbons (Fsp3) is 0.238. The summed E-state index contributed by atoms with van der Waals surface area (Å²) in [7, 11) is 3.12. The molecule has 2 aromatic carbocycles. The first kappa shape index (κ1) is 19.4. The molecule has 6 nitrogen and oxygen atoms in total. The van der Waals surface area contributed by atoms with E-state index < -0.39 is 0 Å². The van der Waals surface area contributed by atoms with E-state index in [1.165, 1.54) is 12.3 Å². The Morgan fingerprint density at radius 2 is 1.96 bits per heavy atom. The molecule has 3 rings (SSSR count). The van der Waals surface area contributed by atoms with E-state index in [1.54, 1.807) is 38.5 Å². The summed E-state index contributed by atoms with van der Waals surface area (Å²) >= 11 is 0. The average Bonchev–Trinajstić information content (AvgIpc) is 3.19. The lowest BCUT2D eigenvalue weighted by atomic mass is 10.1. The minimum absolute atomic E-state index is 0.157. The van der Waals surface area contributed by atoms with Crippen LogP contribution in [0, 0.1) is 5.82 Å². The largest absolute Gasteiger partial charge is 0.493 e. The second-order valence-corrected chi connectivity index (χ2v) is 6.03. The number of benzene rings is 2. The smallest absolute Gasteiger partial charge is 0.220 e. The molecule has 0 saturated carbocycles. The maximum atomic E-state index is 13.8. The van der Waals surface area contributed by atoms with Crippen molar-refractivity contribution in [2.75, 3.05) is 14.2 Å². The van der Waals surface area contributed by atoms with Crippen molar-refractivity contribution in [3.05, 3.63) is 65.9 Å². The number of halogens is 1. The van der Waals surface area contributed by atoms with Gasteiger partial charge in [-0.3, -0.25) is 4.79 Å². The highest BCUT2D eigenvalue weighted by atomic mass is 19.1. The van der Waals surface area contributed by atoms with Crippen LogP contribution in [0.4, 0.5) is 4.39 Å². The second-order valence-electron chi connectivity index (χ2n) is 6.03. The Labute approximate surface area is 162 Å². The SMILES string of the molecule is COc1cccc(CNC(=O)CCc2ncc(-c3ccccc3F)o2)c1OC. The first-order chi connectivity index (χ1) is 13.6. The standard InChI is InChI=1S/C21H21FN2O4/c1-26-17-9-5-6-14(21(17)27-2)12-23-19(25)10-11-20-24-13-18(28-20)15-7-3-4-8-16(15)22/h3-9,13H,10-12H2,1-2H3,(H,23,25). The molecule has 0 unspecified atom stereocenters. The molecule has 0 aliphatic carbocycles. The van der Waals surface area contributed by atoms with Gasteiger partial charge in [0, 0.05) is 24.9 Å². The Balaban J connectivity index is 1.55. The van der Waals surface area contributed by atoms with Crippen LogP contribution in [0.15, 0.2) is 53.1 Å². The van der Waals surface area contributed by atoms with Crippen molar-refractivity contribution in [3.63, 3.8) is 0 Å². The molecule has 0 bridgehead atoms. The monoisotopic (exact) mass is 384 g/mol. The number of carbonyl (C=O) groups excluding carboxylic acids is 1. The van der Waals surface area contributed by atoms with Crippen molar-refractivity contribution in [3.8, 4) is 22.8 Å². The van der Waals surface area contributed by atoms with Crippen molar-refractivity contribution in [2.24, 2.45) is 0 Å². The van der Waals surface area contributed by atoms with Crippen molar-refractivity contribution in [1.29, 1.82) is 0 Å². The number of nitrogens with one attached hydrogen (secondary N) is 1. The Morgan fingerprint density at radius 1 is 1.14 bits per heavy atom. The van der Waals surface area contributed by atoms with E-state index in [9.17, 15) is 9.18 Å². The maximum Gasteiger partial charge on any atom is 0.220 e. The van der Waals surface area contributed by atoms with Crippen molar-refractivity contribution < 1.29 is 23.1 Å². The lowest BCUT2D eigenvalue weighted by molar-refractivity contribution is -0.121. The highest BCUT2D eigenvalue weighted by Gasteiger charge is 2.13. The summed E-state index contributed by atoms with van der Waals surface area (Å²) in [6, 6.07) is 11.8. The fourth-order valence-corrected chi connectivity index (χ4v) is 2.81. The van der Waals surface area contributed by atoms with Gasteiger partial charge in [0.25, 0.3) is 0 Å². The summed E-state index contributed by atoms with van der Waals surface area (Å²) in [4.78, 5) is 16.3. The molecule has 0 aliphatic heterocycles. The molecule has 0 atom stereocenters. The molecule has 3 aromatic rings. The van der Waals surface area contributed by atoms with Crippen molar-refractivity contribution in [2.45, 2.75) is 19.4 Å². The number of para-hydroxylation sites is 1. The molecular weight excluding hydrogens is 363 g/mol. The van der Waals surface area contributed by atoms with Crippen LogP contribution in [-0.4, -0.2) is 25.1 Å². The molecule has 0 saturated heterocycles. The van der Waals surface area contributed by atoms with Crippen LogP contribution < -0.4 is 14.8 Å². The minimum Gasteiger partial charge on any atom is -0.493 e. The molecule has 28 heavy (non-hydrogen) atoms. The van der Waals surface area contributed by atoms with Gasteiger partial charge in [-0.1, -0.05) is 24.3 Å². The zero-order valence-electron chi connectivity index (χ0n) is 15.7. The first-order valence-electron chi connectivity index (χ1n) is 8.78. The van der Waals surface area contributed by atoms with E-state index in [0.29, 0.717) is 41.7 Å². The number of carbonyl (C=O) groups is 1. The number of rotatable bonds is 8. The van der Waals surface area contributed by atoms with Crippen LogP contribution >= 0.6 is 0 Å². The molecule has 146 valence electrons. The summed E-state index contributed by atoms with van der Waals surface area (Å²) in [5.41, 5.74) is 1.16. The maximum absolute atomic E-state index is 13.8. The molecular formula is C21H21FN2O4. The molecule has 1 N–H and O–H groups in total.